The molecular weight excluding hydrogens is 348 g/mol. The van der Waals surface area contributed by atoms with E-state index in [0.29, 0.717) is 0 Å². The van der Waals surface area contributed by atoms with E-state index in [-0.39, 0.29) is 0 Å². The van der Waals surface area contributed by atoms with Crippen molar-refractivity contribution in [3.05, 3.63) is 0 Å². The summed E-state index contributed by atoms with van der Waals surface area (Å²) in [6, 6.07) is 0. The third-order valence-corrected chi connectivity index (χ3v) is 3.60. The Morgan fingerprint density at radius 2 is 1.88 bits per heavy atom. The lowest BCUT2D eigenvalue weighted by Gasteiger charge is -2.44. The van der Waals surface area contributed by atoms with Gasteiger partial charge in [-0.15, -0.1) is 0 Å². The van der Waals surface area contributed by atoms with E-state index < -0.39 is 61.1 Å². The van der Waals surface area contributed by atoms with Gasteiger partial charge in [-0.05, 0) is 13.8 Å². The lowest BCUT2D eigenvalue weighted by molar-refractivity contribution is -0.434. The van der Waals surface area contributed by atoms with Crippen LogP contribution in [-0.4, -0.2) is 76.4 Å². The Balaban J connectivity index is 2.39. The van der Waals surface area contributed by atoms with Crippen molar-refractivity contribution in [2.45, 2.75) is 55.7 Å². The first-order chi connectivity index (χ1) is 10.8. The summed E-state index contributed by atoms with van der Waals surface area (Å²) >= 11 is 0. The minimum Gasteiger partial charge on any atom is -0.477 e. The molecule has 0 spiro atoms. The summed E-state index contributed by atoms with van der Waals surface area (Å²) < 4.78 is 70.9. The second-order valence-electron chi connectivity index (χ2n) is 5.89. The number of alkyl halides is 4. The number of halogens is 4. The third kappa shape index (κ3) is 2.97. The van der Waals surface area contributed by atoms with E-state index in [4.69, 9.17) is 14.6 Å². The molecule has 0 amide bonds. The second-order valence-corrected chi connectivity index (χ2v) is 5.89. The average Bonchev–Trinajstić information content (AvgIpc) is 2.69. The molecule has 2 aliphatic heterocycles. The molecule has 2 heterocycles. The molecule has 8 nitrogen and oxygen atoms in total. The summed E-state index contributed by atoms with van der Waals surface area (Å²) in [6.07, 6.45) is -11.3. The summed E-state index contributed by atoms with van der Waals surface area (Å²) in [4.78, 5) is 11.3. The highest BCUT2D eigenvalue weighted by Crippen LogP contribution is 2.44. The molecule has 3 N–H and O–H groups in total. The Kier molecular flexibility index (Phi) is 4.61. The Labute approximate surface area is 132 Å². The summed E-state index contributed by atoms with van der Waals surface area (Å²) in [5, 5.41) is 29.1. The highest BCUT2D eigenvalue weighted by Gasteiger charge is 2.68. The van der Waals surface area contributed by atoms with Gasteiger partial charge in [0.25, 0.3) is 11.6 Å². The molecular formula is C12H16F4O8. The molecule has 2 rings (SSSR count). The standard InChI is InChI=1S/C12H16F4O8/c1-9(2)23-7(11(20,24-9)8(18)19)6-5(17)3-21-10(4-13,22-6)12(14,15)16/h5-7,17,20H,3-4H2,1-2H3,(H,18,19)/t5-,6+,7-,10?,11-/m0/s1. The normalized spacial score (nSPS) is 42.9. The number of aliphatic hydroxyl groups excluding tert-OH is 1. The SMILES string of the molecule is CC1(C)O[C@@H]([C@@H]2OC(CF)(C(F)(F)F)OC[C@@H]2O)[C@@](O)(C(=O)O)O1. The largest absolute Gasteiger partial charge is 0.477 e. The van der Waals surface area contributed by atoms with Crippen LogP contribution in [0.3, 0.4) is 0 Å². The molecule has 0 bridgehead atoms. The average molecular weight is 364 g/mol. The number of ether oxygens (including phenoxy) is 4. The van der Waals surface area contributed by atoms with Crippen molar-refractivity contribution in [1.82, 2.24) is 0 Å². The maximum atomic E-state index is 13.1. The van der Waals surface area contributed by atoms with E-state index in [2.05, 4.69) is 9.47 Å². The van der Waals surface area contributed by atoms with Gasteiger partial charge in [-0.2, -0.15) is 13.2 Å². The molecule has 12 heteroatoms. The van der Waals surface area contributed by atoms with Gasteiger partial charge in [0.2, 0.25) is 0 Å². The van der Waals surface area contributed by atoms with Crippen molar-refractivity contribution in [3.63, 3.8) is 0 Å². The zero-order chi connectivity index (χ0) is 18.6. The number of hydrogen-bond acceptors (Lipinski definition) is 7. The molecule has 0 aromatic carbocycles. The summed E-state index contributed by atoms with van der Waals surface area (Å²) in [6.45, 7) is -0.788. The zero-order valence-electron chi connectivity index (χ0n) is 12.5. The fraction of sp³-hybridized carbons (Fsp3) is 0.917. The molecule has 5 atom stereocenters. The van der Waals surface area contributed by atoms with Crippen molar-refractivity contribution in [3.8, 4) is 0 Å². The van der Waals surface area contributed by atoms with Crippen LogP contribution in [-0.2, 0) is 23.7 Å². The van der Waals surface area contributed by atoms with Crippen LogP contribution in [0.5, 0.6) is 0 Å². The molecule has 0 saturated carbocycles. The first-order valence-corrected chi connectivity index (χ1v) is 6.74. The molecule has 1 unspecified atom stereocenters. The van der Waals surface area contributed by atoms with E-state index >= 15 is 0 Å². The van der Waals surface area contributed by atoms with E-state index in [9.17, 15) is 32.6 Å². The van der Waals surface area contributed by atoms with Gasteiger partial charge in [-0.1, -0.05) is 0 Å². The van der Waals surface area contributed by atoms with Gasteiger partial charge >= 0.3 is 12.1 Å². The number of carbonyl (C=O) groups is 1. The first-order valence-electron chi connectivity index (χ1n) is 6.74. The second kappa shape index (κ2) is 5.75. The molecule has 2 aliphatic rings. The minimum absolute atomic E-state index is 1.02. The number of carboxylic acid groups (broad SMARTS) is 1. The first kappa shape index (κ1) is 19.3. The minimum atomic E-state index is -5.32. The molecule has 0 aromatic heterocycles. The summed E-state index contributed by atoms with van der Waals surface area (Å²) in [7, 11) is 0. The van der Waals surface area contributed by atoms with E-state index in [1.54, 1.807) is 0 Å². The monoisotopic (exact) mass is 364 g/mol. The predicted molar refractivity (Wildman–Crippen MR) is 64.2 cm³/mol. The van der Waals surface area contributed by atoms with E-state index in [1.165, 1.54) is 13.8 Å². The van der Waals surface area contributed by atoms with Crippen molar-refractivity contribution < 1.29 is 56.6 Å². The van der Waals surface area contributed by atoms with Crippen LogP contribution in [0.4, 0.5) is 17.6 Å². The van der Waals surface area contributed by atoms with Gasteiger partial charge in [0.05, 0.1) is 6.61 Å². The Morgan fingerprint density at radius 1 is 1.29 bits per heavy atom. The molecule has 24 heavy (non-hydrogen) atoms. The Hall–Kier alpha value is -1.05. The van der Waals surface area contributed by atoms with Crippen LogP contribution >= 0.6 is 0 Å². The quantitative estimate of drug-likeness (QED) is 0.596. The molecule has 2 fully saturated rings. The molecule has 0 aliphatic carbocycles. The number of aliphatic hydroxyl groups is 2. The fourth-order valence-corrected chi connectivity index (χ4v) is 2.50. The molecule has 0 aromatic rings. The maximum absolute atomic E-state index is 13.1. The predicted octanol–water partition coefficient (Wildman–Crippen LogP) is -0.0845. The Morgan fingerprint density at radius 3 is 2.33 bits per heavy atom. The van der Waals surface area contributed by atoms with Crippen LogP contribution in [0.15, 0.2) is 0 Å². The number of carboxylic acids is 1. The zero-order valence-corrected chi connectivity index (χ0v) is 12.5. The smallest absolute Gasteiger partial charge is 0.446 e. The van der Waals surface area contributed by atoms with Gasteiger partial charge in [0.15, 0.2) is 18.6 Å². The van der Waals surface area contributed by atoms with Crippen LogP contribution in [0.2, 0.25) is 0 Å². The fourth-order valence-electron chi connectivity index (χ4n) is 2.50. The van der Waals surface area contributed by atoms with Gasteiger partial charge in [-0.3, -0.25) is 0 Å². The Bertz CT molecular complexity index is 512. The van der Waals surface area contributed by atoms with Crippen molar-refractivity contribution >= 4 is 5.97 Å². The van der Waals surface area contributed by atoms with Gasteiger partial charge in [0, 0.05) is 0 Å². The van der Waals surface area contributed by atoms with E-state index in [0.717, 1.165) is 0 Å². The lowest BCUT2D eigenvalue weighted by Crippen LogP contribution is -2.66. The van der Waals surface area contributed by atoms with Crippen LogP contribution < -0.4 is 0 Å². The van der Waals surface area contributed by atoms with Crippen molar-refractivity contribution in [1.29, 1.82) is 0 Å². The number of hydrogen-bond donors (Lipinski definition) is 3. The third-order valence-electron chi connectivity index (χ3n) is 3.60. The van der Waals surface area contributed by atoms with Gasteiger partial charge in [0.1, 0.15) is 12.2 Å². The highest BCUT2D eigenvalue weighted by atomic mass is 19.4. The van der Waals surface area contributed by atoms with Crippen LogP contribution in [0, 0.1) is 0 Å². The van der Waals surface area contributed by atoms with Crippen LogP contribution in [0.25, 0.3) is 0 Å². The topological polar surface area (TPSA) is 115 Å². The molecule has 140 valence electrons. The van der Waals surface area contributed by atoms with Crippen LogP contribution in [0.1, 0.15) is 13.8 Å². The van der Waals surface area contributed by atoms with Crippen molar-refractivity contribution in [2.24, 2.45) is 0 Å². The highest BCUT2D eigenvalue weighted by molar-refractivity contribution is 5.76. The number of rotatable bonds is 3. The number of aliphatic carboxylic acids is 1. The lowest BCUT2D eigenvalue weighted by atomic mass is 9.98. The summed E-state index contributed by atoms with van der Waals surface area (Å²) in [5.74, 6) is -10.5. The maximum Gasteiger partial charge on any atom is 0.446 e. The molecule has 0 radical (unpaired) electrons. The van der Waals surface area contributed by atoms with E-state index in [1.807, 2.05) is 0 Å². The van der Waals surface area contributed by atoms with Crippen molar-refractivity contribution in [2.75, 3.05) is 13.3 Å². The van der Waals surface area contributed by atoms with Gasteiger partial charge in [-0.25, -0.2) is 9.18 Å². The molecule has 2 saturated heterocycles. The summed E-state index contributed by atoms with van der Waals surface area (Å²) in [5.41, 5.74) is 0. The van der Waals surface area contributed by atoms with Gasteiger partial charge < -0.3 is 34.3 Å².